The van der Waals surface area contributed by atoms with Gasteiger partial charge in [0.25, 0.3) is 5.91 Å². The second-order valence-electron chi connectivity index (χ2n) is 6.43. The van der Waals surface area contributed by atoms with Crippen LogP contribution in [0.4, 0.5) is 4.79 Å². The highest BCUT2D eigenvalue weighted by Gasteiger charge is 2.62. The summed E-state index contributed by atoms with van der Waals surface area (Å²) in [7, 11) is 0. The van der Waals surface area contributed by atoms with E-state index in [9.17, 15) is 9.59 Å². The van der Waals surface area contributed by atoms with Crippen molar-refractivity contribution < 1.29 is 9.59 Å². The van der Waals surface area contributed by atoms with E-state index in [4.69, 9.17) is 0 Å². The lowest BCUT2D eigenvalue weighted by molar-refractivity contribution is -0.129. The van der Waals surface area contributed by atoms with E-state index < -0.39 is 5.54 Å². The average molecular weight is 285 g/mol. The van der Waals surface area contributed by atoms with Gasteiger partial charge in [0.2, 0.25) is 0 Å². The molecule has 110 valence electrons. The van der Waals surface area contributed by atoms with Crippen molar-refractivity contribution in [2.24, 2.45) is 11.8 Å². The zero-order chi connectivity index (χ0) is 14.4. The molecule has 2 bridgehead atoms. The number of imide groups is 1. The van der Waals surface area contributed by atoms with Crippen LogP contribution >= 0.6 is 0 Å². The molecule has 2 aliphatic heterocycles. The van der Waals surface area contributed by atoms with Gasteiger partial charge >= 0.3 is 6.03 Å². The smallest absolute Gasteiger partial charge is 0.322 e. The summed E-state index contributed by atoms with van der Waals surface area (Å²) in [6.07, 6.45) is 2.04. The highest BCUT2D eigenvalue weighted by atomic mass is 16.2. The minimum Gasteiger partial charge on any atom is -0.323 e. The maximum Gasteiger partial charge on any atom is 0.322 e. The van der Waals surface area contributed by atoms with Gasteiger partial charge in [-0.1, -0.05) is 30.3 Å². The predicted molar refractivity (Wildman–Crippen MR) is 77.3 cm³/mol. The van der Waals surface area contributed by atoms with E-state index >= 15 is 0 Å². The van der Waals surface area contributed by atoms with Crippen molar-refractivity contribution in [2.45, 2.75) is 24.9 Å². The minimum atomic E-state index is -0.635. The number of hydrogen-bond acceptors (Lipinski definition) is 3. The van der Waals surface area contributed by atoms with Gasteiger partial charge < -0.3 is 5.32 Å². The molecule has 1 aromatic rings. The van der Waals surface area contributed by atoms with Crippen molar-refractivity contribution >= 4 is 11.9 Å². The molecule has 2 atom stereocenters. The molecule has 0 aromatic heterocycles. The van der Waals surface area contributed by atoms with Crippen LogP contribution in [0.25, 0.3) is 0 Å². The number of urea groups is 1. The first kappa shape index (κ1) is 12.8. The van der Waals surface area contributed by atoms with Gasteiger partial charge in [-0.15, -0.1) is 0 Å². The molecule has 3 aliphatic rings. The van der Waals surface area contributed by atoms with Gasteiger partial charge in [-0.05, 0) is 18.4 Å². The van der Waals surface area contributed by atoms with E-state index in [1.807, 2.05) is 6.07 Å². The normalized spacial score (nSPS) is 35.0. The molecule has 5 nitrogen and oxygen atoms in total. The zero-order valence-corrected chi connectivity index (χ0v) is 11.8. The molecule has 2 N–H and O–H groups in total. The standard InChI is InChI=1S/C16H19N3O2/c20-14-16(18-15(21)17-14)12-6-7-13(16)10-19(9-12)8-11-4-2-1-3-5-11/h1-5,12-13H,6-10H2,(H2,17,18,20,21). The van der Waals surface area contributed by atoms with E-state index in [0.717, 1.165) is 32.5 Å². The van der Waals surface area contributed by atoms with E-state index in [-0.39, 0.29) is 23.8 Å². The largest absolute Gasteiger partial charge is 0.323 e. The molecule has 5 heteroatoms. The number of nitrogens with zero attached hydrogens (tertiary/aromatic N) is 1. The first-order chi connectivity index (χ1) is 10.2. The molecule has 21 heavy (non-hydrogen) atoms. The summed E-state index contributed by atoms with van der Waals surface area (Å²) < 4.78 is 0. The van der Waals surface area contributed by atoms with E-state index in [1.54, 1.807) is 0 Å². The van der Waals surface area contributed by atoms with Gasteiger partial charge in [-0.25, -0.2) is 4.79 Å². The minimum absolute atomic E-state index is 0.112. The van der Waals surface area contributed by atoms with Gasteiger partial charge in [0.05, 0.1) is 0 Å². The highest BCUT2D eigenvalue weighted by Crippen LogP contribution is 2.46. The maximum absolute atomic E-state index is 12.3. The molecule has 3 fully saturated rings. The second kappa shape index (κ2) is 4.56. The third-order valence-electron chi connectivity index (χ3n) is 5.28. The number of nitrogens with one attached hydrogen (secondary N) is 2. The van der Waals surface area contributed by atoms with Gasteiger partial charge in [0, 0.05) is 31.5 Å². The third-order valence-corrected chi connectivity index (χ3v) is 5.28. The molecule has 1 aromatic carbocycles. The van der Waals surface area contributed by atoms with Crippen molar-refractivity contribution in [3.8, 4) is 0 Å². The Kier molecular flexibility index (Phi) is 2.79. The lowest BCUT2D eigenvalue weighted by Gasteiger charge is -2.43. The van der Waals surface area contributed by atoms with Gasteiger partial charge in [0.1, 0.15) is 5.54 Å². The molecule has 2 unspecified atom stereocenters. The number of benzene rings is 1. The number of hydrogen-bond donors (Lipinski definition) is 2. The van der Waals surface area contributed by atoms with Crippen LogP contribution in [0.5, 0.6) is 0 Å². The molecule has 4 rings (SSSR count). The Morgan fingerprint density at radius 1 is 1.10 bits per heavy atom. The first-order valence-corrected chi connectivity index (χ1v) is 7.58. The summed E-state index contributed by atoms with van der Waals surface area (Å²) in [4.78, 5) is 26.3. The monoisotopic (exact) mass is 285 g/mol. The van der Waals surface area contributed by atoms with Gasteiger partial charge in [-0.2, -0.15) is 0 Å². The Labute approximate surface area is 123 Å². The average Bonchev–Trinajstić information content (AvgIpc) is 2.85. The number of carbonyl (C=O) groups is 2. The Morgan fingerprint density at radius 3 is 2.33 bits per heavy atom. The summed E-state index contributed by atoms with van der Waals surface area (Å²) in [5.41, 5.74) is 0.664. The summed E-state index contributed by atoms with van der Waals surface area (Å²) in [6, 6.07) is 10.1. The van der Waals surface area contributed by atoms with Crippen LogP contribution in [0.3, 0.4) is 0 Å². The Hall–Kier alpha value is -1.88. The number of rotatable bonds is 2. The number of carbonyl (C=O) groups excluding carboxylic acids is 2. The quantitative estimate of drug-likeness (QED) is 0.800. The fraction of sp³-hybridized carbons (Fsp3) is 0.500. The topological polar surface area (TPSA) is 61.4 Å². The molecule has 3 amide bonds. The molecular weight excluding hydrogens is 266 g/mol. The fourth-order valence-electron chi connectivity index (χ4n) is 4.39. The number of piperidine rings is 1. The summed E-state index contributed by atoms with van der Waals surface area (Å²) >= 11 is 0. The van der Waals surface area contributed by atoms with E-state index in [1.165, 1.54) is 5.56 Å². The van der Waals surface area contributed by atoms with Crippen LogP contribution in [-0.4, -0.2) is 35.5 Å². The highest BCUT2D eigenvalue weighted by molar-refractivity contribution is 6.07. The number of amides is 3. The molecule has 1 aliphatic carbocycles. The zero-order valence-electron chi connectivity index (χ0n) is 11.8. The predicted octanol–water partition coefficient (Wildman–Crippen LogP) is 1.11. The third kappa shape index (κ3) is 1.87. The molecule has 2 heterocycles. The van der Waals surface area contributed by atoms with Gasteiger partial charge in [0.15, 0.2) is 0 Å². The summed E-state index contributed by atoms with van der Waals surface area (Å²) in [5.74, 6) is 0.345. The van der Waals surface area contributed by atoms with Crippen molar-refractivity contribution in [3.63, 3.8) is 0 Å². The number of likely N-dealkylation sites (tertiary alicyclic amines) is 1. The van der Waals surface area contributed by atoms with Crippen molar-refractivity contribution in [1.82, 2.24) is 15.5 Å². The molecular formula is C16H19N3O2. The summed E-state index contributed by atoms with van der Waals surface area (Å²) in [6.45, 7) is 2.66. The lowest BCUT2D eigenvalue weighted by atomic mass is 9.77. The van der Waals surface area contributed by atoms with Crippen LogP contribution < -0.4 is 10.6 Å². The summed E-state index contributed by atoms with van der Waals surface area (Å²) in [5, 5.41) is 5.37. The SMILES string of the molecule is O=C1NC(=O)C2(N1)C1CCC2CN(Cc2ccccc2)C1. The van der Waals surface area contributed by atoms with Crippen LogP contribution in [0.2, 0.25) is 0 Å². The second-order valence-corrected chi connectivity index (χ2v) is 6.43. The maximum atomic E-state index is 12.3. The van der Waals surface area contributed by atoms with Crippen molar-refractivity contribution in [2.75, 3.05) is 13.1 Å². The fourth-order valence-corrected chi connectivity index (χ4v) is 4.39. The molecule has 2 saturated heterocycles. The lowest BCUT2D eigenvalue weighted by Crippen LogP contribution is -2.62. The van der Waals surface area contributed by atoms with Crippen molar-refractivity contribution in [3.05, 3.63) is 35.9 Å². The van der Waals surface area contributed by atoms with Crippen LogP contribution in [0.15, 0.2) is 30.3 Å². The van der Waals surface area contributed by atoms with E-state index in [2.05, 4.69) is 39.8 Å². The molecule has 0 radical (unpaired) electrons. The first-order valence-electron chi connectivity index (χ1n) is 7.58. The molecule has 1 spiro atoms. The van der Waals surface area contributed by atoms with E-state index in [0.29, 0.717) is 0 Å². The molecule has 1 saturated carbocycles. The van der Waals surface area contributed by atoms with Crippen LogP contribution in [-0.2, 0) is 11.3 Å². The Balaban J connectivity index is 1.54. The Morgan fingerprint density at radius 2 is 1.76 bits per heavy atom. The van der Waals surface area contributed by atoms with Crippen LogP contribution in [0, 0.1) is 11.8 Å². The van der Waals surface area contributed by atoms with Gasteiger partial charge in [-0.3, -0.25) is 15.0 Å². The van der Waals surface area contributed by atoms with Crippen molar-refractivity contribution in [1.29, 1.82) is 0 Å². The Bertz CT molecular complexity index is 572. The van der Waals surface area contributed by atoms with Crippen LogP contribution in [0.1, 0.15) is 18.4 Å².